The van der Waals surface area contributed by atoms with Crippen LogP contribution in [0.4, 0.5) is 0 Å². The molecule has 0 aliphatic heterocycles. The molecule has 124 valence electrons. The molecule has 1 aliphatic carbocycles. The lowest BCUT2D eigenvalue weighted by Crippen LogP contribution is -2.36. The highest BCUT2D eigenvalue weighted by molar-refractivity contribution is 5.97. The molecule has 2 aromatic rings. The van der Waals surface area contributed by atoms with E-state index in [2.05, 4.69) is 15.2 Å². The number of carbonyl (C=O) groups is 1. The van der Waals surface area contributed by atoms with E-state index in [0.29, 0.717) is 0 Å². The normalized spacial score (nSPS) is 15.8. The number of hydrogen-bond donors (Lipinski definition) is 2. The van der Waals surface area contributed by atoms with Crippen molar-refractivity contribution in [2.45, 2.75) is 24.7 Å². The van der Waals surface area contributed by atoms with Crippen LogP contribution in [0.5, 0.6) is 5.75 Å². The molecule has 23 heavy (non-hydrogen) atoms. The third-order valence-electron chi connectivity index (χ3n) is 4.66. The van der Waals surface area contributed by atoms with E-state index in [1.54, 1.807) is 7.11 Å². The number of aromatic amines is 1. The zero-order valence-electron chi connectivity index (χ0n) is 14.1. The minimum Gasteiger partial charge on any atom is -0.497 e. The standard InChI is InChI=1S/C18H25N3O2/c1-21(2)10-4-9-19-17(22)18(7-8-18)15-12-20-16-6-5-13(23-3)11-14(15)16/h5-6,11-12,20H,4,7-10H2,1-3H3,(H,19,22). The molecule has 0 saturated heterocycles. The molecule has 1 saturated carbocycles. The Labute approximate surface area is 137 Å². The Kier molecular flexibility index (Phi) is 4.31. The second kappa shape index (κ2) is 6.24. The fourth-order valence-electron chi connectivity index (χ4n) is 3.13. The maximum absolute atomic E-state index is 12.7. The van der Waals surface area contributed by atoms with Gasteiger partial charge in [-0.25, -0.2) is 0 Å². The molecule has 0 atom stereocenters. The zero-order chi connectivity index (χ0) is 16.4. The number of amides is 1. The van der Waals surface area contributed by atoms with Crippen LogP contribution in [0.2, 0.25) is 0 Å². The Morgan fingerprint density at radius 3 is 2.83 bits per heavy atom. The minimum absolute atomic E-state index is 0.153. The lowest BCUT2D eigenvalue weighted by atomic mass is 9.94. The molecule has 0 radical (unpaired) electrons. The molecule has 5 nitrogen and oxygen atoms in total. The van der Waals surface area contributed by atoms with Gasteiger partial charge in [-0.15, -0.1) is 0 Å². The molecule has 0 spiro atoms. The Balaban J connectivity index is 1.76. The quantitative estimate of drug-likeness (QED) is 0.771. The molecule has 1 heterocycles. The fraction of sp³-hybridized carbons (Fsp3) is 0.500. The van der Waals surface area contributed by atoms with E-state index in [4.69, 9.17) is 4.74 Å². The summed E-state index contributed by atoms with van der Waals surface area (Å²) >= 11 is 0. The number of nitrogens with zero attached hydrogens (tertiary/aromatic N) is 1. The summed E-state index contributed by atoms with van der Waals surface area (Å²) in [6.07, 6.45) is 4.78. The predicted molar refractivity (Wildman–Crippen MR) is 91.9 cm³/mol. The smallest absolute Gasteiger partial charge is 0.230 e. The second-order valence-corrected chi connectivity index (χ2v) is 6.61. The van der Waals surface area contributed by atoms with Gasteiger partial charge in [0.1, 0.15) is 5.75 Å². The predicted octanol–water partition coefficient (Wildman–Crippen LogP) is 2.28. The van der Waals surface area contributed by atoms with Gasteiger partial charge >= 0.3 is 0 Å². The van der Waals surface area contributed by atoms with E-state index in [1.165, 1.54) is 0 Å². The van der Waals surface area contributed by atoms with E-state index < -0.39 is 0 Å². The molecule has 1 fully saturated rings. The van der Waals surface area contributed by atoms with Gasteiger partial charge in [0.05, 0.1) is 12.5 Å². The van der Waals surface area contributed by atoms with Crippen LogP contribution in [-0.4, -0.2) is 50.1 Å². The maximum Gasteiger partial charge on any atom is 0.230 e. The number of methoxy groups -OCH3 is 1. The van der Waals surface area contributed by atoms with Crippen LogP contribution < -0.4 is 10.1 Å². The van der Waals surface area contributed by atoms with Gasteiger partial charge in [0, 0.05) is 23.6 Å². The van der Waals surface area contributed by atoms with Crippen molar-refractivity contribution in [3.05, 3.63) is 30.0 Å². The van der Waals surface area contributed by atoms with Crippen LogP contribution in [0.1, 0.15) is 24.8 Å². The number of aromatic nitrogens is 1. The number of nitrogens with one attached hydrogen (secondary N) is 2. The largest absolute Gasteiger partial charge is 0.497 e. The molecule has 0 unspecified atom stereocenters. The number of carbonyl (C=O) groups excluding carboxylic acids is 1. The molecule has 1 aromatic carbocycles. The van der Waals surface area contributed by atoms with Crippen LogP contribution in [0, 0.1) is 0 Å². The van der Waals surface area contributed by atoms with Gasteiger partial charge in [0.2, 0.25) is 5.91 Å². The summed E-state index contributed by atoms with van der Waals surface area (Å²) in [7, 11) is 5.75. The fourth-order valence-corrected chi connectivity index (χ4v) is 3.13. The first-order valence-corrected chi connectivity index (χ1v) is 8.15. The first-order chi connectivity index (χ1) is 11.1. The van der Waals surface area contributed by atoms with E-state index in [9.17, 15) is 4.79 Å². The molecule has 1 aromatic heterocycles. The highest BCUT2D eigenvalue weighted by atomic mass is 16.5. The summed E-state index contributed by atoms with van der Waals surface area (Å²) in [5.74, 6) is 0.973. The van der Waals surface area contributed by atoms with Crippen LogP contribution >= 0.6 is 0 Å². The molecule has 1 aliphatic rings. The summed E-state index contributed by atoms with van der Waals surface area (Å²) in [6, 6.07) is 5.95. The molecule has 5 heteroatoms. The number of fused-ring (bicyclic) bond motifs is 1. The summed E-state index contributed by atoms with van der Waals surface area (Å²) in [5, 5.41) is 4.20. The van der Waals surface area contributed by atoms with Crippen molar-refractivity contribution in [3.8, 4) is 5.75 Å². The molecule has 0 bridgehead atoms. The van der Waals surface area contributed by atoms with Gasteiger partial charge in [-0.2, -0.15) is 0 Å². The third-order valence-corrected chi connectivity index (χ3v) is 4.66. The van der Waals surface area contributed by atoms with E-state index in [1.807, 2.05) is 38.5 Å². The first kappa shape index (κ1) is 15.9. The molecule has 2 N–H and O–H groups in total. The Hall–Kier alpha value is -2.01. The topological polar surface area (TPSA) is 57.4 Å². The third kappa shape index (κ3) is 3.06. The number of benzene rings is 1. The van der Waals surface area contributed by atoms with Gasteiger partial charge in [-0.1, -0.05) is 0 Å². The van der Waals surface area contributed by atoms with Crippen molar-refractivity contribution in [1.29, 1.82) is 0 Å². The van der Waals surface area contributed by atoms with Crippen LogP contribution in [0.15, 0.2) is 24.4 Å². The number of rotatable bonds is 7. The molecule has 3 rings (SSSR count). The summed E-state index contributed by atoms with van der Waals surface area (Å²) in [5.41, 5.74) is 1.78. The zero-order valence-corrected chi connectivity index (χ0v) is 14.1. The lowest BCUT2D eigenvalue weighted by molar-refractivity contribution is -0.123. The minimum atomic E-state index is -0.358. The van der Waals surface area contributed by atoms with Gasteiger partial charge in [-0.3, -0.25) is 4.79 Å². The van der Waals surface area contributed by atoms with Crippen molar-refractivity contribution in [2.24, 2.45) is 0 Å². The van der Waals surface area contributed by atoms with Crippen molar-refractivity contribution in [3.63, 3.8) is 0 Å². The first-order valence-electron chi connectivity index (χ1n) is 8.15. The van der Waals surface area contributed by atoms with E-state index in [-0.39, 0.29) is 11.3 Å². The van der Waals surface area contributed by atoms with Gasteiger partial charge < -0.3 is 19.9 Å². The second-order valence-electron chi connectivity index (χ2n) is 6.61. The molecular weight excluding hydrogens is 290 g/mol. The summed E-state index contributed by atoms with van der Waals surface area (Å²) in [6.45, 7) is 1.71. The van der Waals surface area contributed by atoms with Crippen molar-refractivity contribution in [2.75, 3.05) is 34.3 Å². The Morgan fingerprint density at radius 2 is 2.17 bits per heavy atom. The number of H-pyrrole nitrogens is 1. The van der Waals surface area contributed by atoms with Crippen LogP contribution in [0.3, 0.4) is 0 Å². The van der Waals surface area contributed by atoms with Crippen molar-refractivity contribution < 1.29 is 9.53 Å². The van der Waals surface area contributed by atoms with Gasteiger partial charge in [0.25, 0.3) is 0 Å². The molecule has 1 amide bonds. The highest BCUT2D eigenvalue weighted by Gasteiger charge is 2.52. The van der Waals surface area contributed by atoms with Gasteiger partial charge in [-0.05, 0) is 63.7 Å². The lowest BCUT2D eigenvalue weighted by Gasteiger charge is -2.16. The average Bonchev–Trinajstić information content (AvgIpc) is 3.24. The van der Waals surface area contributed by atoms with Gasteiger partial charge in [0.15, 0.2) is 0 Å². The van der Waals surface area contributed by atoms with Crippen molar-refractivity contribution >= 4 is 16.8 Å². The summed E-state index contributed by atoms with van der Waals surface area (Å²) < 4.78 is 5.32. The Bertz CT molecular complexity index is 701. The summed E-state index contributed by atoms with van der Waals surface area (Å²) in [4.78, 5) is 18.1. The average molecular weight is 315 g/mol. The maximum atomic E-state index is 12.7. The van der Waals surface area contributed by atoms with Crippen molar-refractivity contribution in [1.82, 2.24) is 15.2 Å². The van der Waals surface area contributed by atoms with E-state index >= 15 is 0 Å². The van der Waals surface area contributed by atoms with Crippen LogP contribution in [0.25, 0.3) is 10.9 Å². The SMILES string of the molecule is COc1ccc2[nH]cc(C3(C(=O)NCCCN(C)C)CC3)c2c1. The monoisotopic (exact) mass is 315 g/mol. The van der Waals surface area contributed by atoms with E-state index in [0.717, 1.165) is 54.6 Å². The number of ether oxygens (including phenoxy) is 1. The molecular formula is C18H25N3O2. The Morgan fingerprint density at radius 1 is 1.39 bits per heavy atom. The number of hydrogen-bond acceptors (Lipinski definition) is 3. The van der Waals surface area contributed by atoms with Crippen LogP contribution in [-0.2, 0) is 10.2 Å². The highest BCUT2D eigenvalue weighted by Crippen LogP contribution is 2.51.